The largest absolute Gasteiger partial charge is 0.385 e. The standard InChI is InChI=1S/C18H22ClN3O3S/c1-11(16(23)20-13-5-6-13)26-18-21-15-10-12(19)4-7-14(15)17(24)22(18)8-3-9-25-2/h4,7,10-11,13H,3,5-6,8-9H2,1-2H3,(H,20,23). The highest BCUT2D eigenvalue weighted by Crippen LogP contribution is 2.26. The van der Waals surface area contributed by atoms with Gasteiger partial charge in [-0.3, -0.25) is 14.2 Å². The molecule has 6 nitrogen and oxygen atoms in total. The average molecular weight is 396 g/mol. The summed E-state index contributed by atoms with van der Waals surface area (Å²) in [5, 5.41) is 4.22. The van der Waals surface area contributed by atoms with Gasteiger partial charge in [-0.05, 0) is 44.4 Å². The van der Waals surface area contributed by atoms with Gasteiger partial charge in [-0.1, -0.05) is 23.4 Å². The number of ether oxygens (including phenoxy) is 1. The highest BCUT2D eigenvalue weighted by atomic mass is 35.5. The van der Waals surface area contributed by atoms with Gasteiger partial charge in [0.25, 0.3) is 5.56 Å². The van der Waals surface area contributed by atoms with Crippen LogP contribution in [-0.2, 0) is 16.1 Å². The molecule has 1 fully saturated rings. The molecule has 1 atom stereocenters. The van der Waals surface area contributed by atoms with Crippen molar-refractivity contribution in [1.29, 1.82) is 0 Å². The highest BCUT2D eigenvalue weighted by molar-refractivity contribution is 8.00. The Kier molecular flexibility index (Phi) is 6.21. The number of nitrogens with zero attached hydrogens (tertiary/aromatic N) is 2. The normalized spacial score (nSPS) is 15.2. The molecule has 0 radical (unpaired) electrons. The SMILES string of the molecule is COCCCn1c(SC(C)C(=O)NC2CC2)nc2cc(Cl)ccc2c1=O. The molecular weight excluding hydrogens is 374 g/mol. The fourth-order valence-electron chi connectivity index (χ4n) is 2.59. The van der Waals surface area contributed by atoms with Crippen LogP contribution in [0.5, 0.6) is 0 Å². The molecule has 3 rings (SSSR count). The molecule has 1 unspecified atom stereocenters. The van der Waals surface area contributed by atoms with E-state index in [9.17, 15) is 9.59 Å². The molecule has 1 aromatic heterocycles. The minimum Gasteiger partial charge on any atom is -0.385 e. The van der Waals surface area contributed by atoms with Crippen LogP contribution in [0.15, 0.2) is 28.2 Å². The maximum absolute atomic E-state index is 12.9. The maximum Gasteiger partial charge on any atom is 0.262 e. The molecule has 26 heavy (non-hydrogen) atoms. The Morgan fingerprint density at radius 3 is 2.96 bits per heavy atom. The van der Waals surface area contributed by atoms with E-state index in [1.165, 1.54) is 11.8 Å². The highest BCUT2D eigenvalue weighted by Gasteiger charge is 2.27. The van der Waals surface area contributed by atoms with Gasteiger partial charge in [-0.25, -0.2) is 4.98 Å². The first kappa shape index (κ1) is 19.2. The first-order valence-corrected chi connectivity index (χ1v) is 9.91. The van der Waals surface area contributed by atoms with Crippen molar-refractivity contribution in [1.82, 2.24) is 14.9 Å². The van der Waals surface area contributed by atoms with E-state index in [-0.39, 0.29) is 16.7 Å². The zero-order valence-corrected chi connectivity index (χ0v) is 16.4. The molecule has 0 spiro atoms. The van der Waals surface area contributed by atoms with E-state index in [0.717, 1.165) is 12.8 Å². The molecule has 1 amide bonds. The first-order chi connectivity index (χ1) is 12.5. The number of carbonyl (C=O) groups is 1. The summed E-state index contributed by atoms with van der Waals surface area (Å²) in [5.74, 6) is -0.0265. The lowest BCUT2D eigenvalue weighted by atomic mass is 10.2. The van der Waals surface area contributed by atoms with Gasteiger partial charge in [-0.15, -0.1) is 0 Å². The molecule has 1 heterocycles. The van der Waals surface area contributed by atoms with Gasteiger partial charge in [0, 0.05) is 31.3 Å². The number of hydrogen-bond donors (Lipinski definition) is 1. The summed E-state index contributed by atoms with van der Waals surface area (Å²) in [6.45, 7) is 2.86. The summed E-state index contributed by atoms with van der Waals surface area (Å²) in [6.07, 6.45) is 2.77. The Morgan fingerprint density at radius 1 is 1.50 bits per heavy atom. The zero-order chi connectivity index (χ0) is 18.7. The number of fused-ring (bicyclic) bond motifs is 1. The van der Waals surface area contributed by atoms with Crippen LogP contribution in [0.4, 0.5) is 0 Å². The van der Waals surface area contributed by atoms with Crippen molar-refractivity contribution < 1.29 is 9.53 Å². The lowest BCUT2D eigenvalue weighted by Crippen LogP contribution is -2.33. The Bertz CT molecular complexity index is 867. The number of carbonyl (C=O) groups excluding carboxylic acids is 1. The zero-order valence-electron chi connectivity index (χ0n) is 14.8. The van der Waals surface area contributed by atoms with Crippen LogP contribution in [-0.4, -0.2) is 40.5 Å². The summed E-state index contributed by atoms with van der Waals surface area (Å²) in [6, 6.07) is 5.36. The number of thioether (sulfide) groups is 1. The van der Waals surface area contributed by atoms with Crippen LogP contribution in [0.1, 0.15) is 26.2 Å². The van der Waals surface area contributed by atoms with E-state index >= 15 is 0 Å². The number of rotatable bonds is 8. The van der Waals surface area contributed by atoms with E-state index in [1.807, 2.05) is 6.92 Å². The first-order valence-electron chi connectivity index (χ1n) is 8.65. The minimum absolute atomic E-state index is 0.0265. The number of benzene rings is 1. The topological polar surface area (TPSA) is 73.2 Å². The maximum atomic E-state index is 12.9. The average Bonchev–Trinajstić information content (AvgIpc) is 3.41. The second-order valence-electron chi connectivity index (χ2n) is 6.40. The smallest absolute Gasteiger partial charge is 0.262 e. The molecule has 8 heteroatoms. The molecule has 2 aromatic rings. The van der Waals surface area contributed by atoms with E-state index in [2.05, 4.69) is 10.3 Å². The predicted octanol–water partition coefficient (Wildman–Crippen LogP) is 2.85. The summed E-state index contributed by atoms with van der Waals surface area (Å²) in [5.41, 5.74) is 0.419. The summed E-state index contributed by atoms with van der Waals surface area (Å²) >= 11 is 7.35. The van der Waals surface area contributed by atoms with Crippen LogP contribution < -0.4 is 10.9 Å². The monoisotopic (exact) mass is 395 g/mol. The lowest BCUT2D eigenvalue weighted by Gasteiger charge is -2.16. The number of aromatic nitrogens is 2. The van der Waals surface area contributed by atoms with E-state index in [4.69, 9.17) is 16.3 Å². The van der Waals surface area contributed by atoms with Crippen LogP contribution in [0.3, 0.4) is 0 Å². The van der Waals surface area contributed by atoms with Gasteiger partial charge in [0.05, 0.1) is 16.2 Å². The fourth-order valence-corrected chi connectivity index (χ4v) is 3.70. The Morgan fingerprint density at radius 2 is 2.27 bits per heavy atom. The van der Waals surface area contributed by atoms with Crippen molar-refractivity contribution in [2.24, 2.45) is 0 Å². The molecule has 1 saturated carbocycles. The number of nitrogens with one attached hydrogen (secondary N) is 1. The predicted molar refractivity (Wildman–Crippen MR) is 104 cm³/mol. The summed E-state index contributed by atoms with van der Waals surface area (Å²) in [4.78, 5) is 29.8. The van der Waals surface area contributed by atoms with Gasteiger partial charge in [0.2, 0.25) is 5.91 Å². The van der Waals surface area contributed by atoms with Crippen LogP contribution >= 0.6 is 23.4 Å². The Labute approximate surface area is 161 Å². The van der Waals surface area contributed by atoms with Crippen molar-refractivity contribution in [3.8, 4) is 0 Å². The van der Waals surface area contributed by atoms with Crippen molar-refractivity contribution in [2.45, 2.75) is 49.2 Å². The van der Waals surface area contributed by atoms with Crippen LogP contribution in [0.25, 0.3) is 10.9 Å². The third-order valence-corrected chi connectivity index (χ3v) is 5.51. The molecule has 1 aliphatic rings. The van der Waals surface area contributed by atoms with Gasteiger partial charge in [0.1, 0.15) is 0 Å². The van der Waals surface area contributed by atoms with Gasteiger partial charge in [-0.2, -0.15) is 0 Å². The molecule has 1 aromatic carbocycles. The molecule has 0 saturated heterocycles. The summed E-state index contributed by atoms with van der Waals surface area (Å²) < 4.78 is 6.72. The van der Waals surface area contributed by atoms with Crippen LogP contribution in [0.2, 0.25) is 5.02 Å². The molecule has 0 aliphatic heterocycles. The number of amides is 1. The van der Waals surface area contributed by atoms with Gasteiger partial charge in [0.15, 0.2) is 5.16 Å². The van der Waals surface area contributed by atoms with E-state index in [1.54, 1.807) is 29.9 Å². The quantitative estimate of drug-likeness (QED) is 0.422. The second kappa shape index (κ2) is 8.41. The van der Waals surface area contributed by atoms with Gasteiger partial charge < -0.3 is 10.1 Å². The fraction of sp³-hybridized carbons (Fsp3) is 0.500. The van der Waals surface area contributed by atoms with Crippen molar-refractivity contribution in [2.75, 3.05) is 13.7 Å². The van der Waals surface area contributed by atoms with Crippen molar-refractivity contribution >= 4 is 40.2 Å². The third kappa shape index (κ3) is 4.58. The number of hydrogen-bond acceptors (Lipinski definition) is 5. The third-order valence-electron chi connectivity index (χ3n) is 4.19. The molecule has 140 valence electrons. The van der Waals surface area contributed by atoms with E-state index in [0.29, 0.717) is 46.7 Å². The number of methoxy groups -OCH3 is 1. The minimum atomic E-state index is -0.340. The van der Waals surface area contributed by atoms with Crippen LogP contribution in [0, 0.1) is 0 Å². The Hall–Kier alpha value is -1.57. The molecule has 1 N–H and O–H groups in total. The summed E-state index contributed by atoms with van der Waals surface area (Å²) in [7, 11) is 1.63. The van der Waals surface area contributed by atoms with Crippen molar-refractivity contribution in [3.63, 3.8) is 0 Å². The second-order valence-corrected chi connectivity index (χ2v) is 8.15. The Balaban J connectivity index is 1.92. The molecular formula is C18H22ClN3O3S. The van der Waals surface area contributed by atoms with Crippen molar-refractivity contribution in [3.05, 3.63) is 33.6 Å². The molecule has 0 bridgehead atoms. The van der Waals surface area contributed by atoms with Gasteiger partial charge >= 0.3 is 0 Å². The van der Waals surface area contributed by atoms with E-state index < -0.39 is 0 Å². The molecule has 1 aliphatic carbocycles. The lowest BCUT2D eigenvalue weighted by molar-refractivity contribution is -0.120. The number of halogens is 1.